The Kier molecular flexibility index (Phi) is 5.30. The molecular formula is C20H27NO4. The number of nitrogens with one attached hydrogen (secondary N) is 1. The first-order chi connectivity index (χ1) is 12.0. The van der Waals surface area contributed by atoms with Gasteiger partial charge in [0.1, 0.15) is 6.61 Å². The van der Waals surface area contributed by atoms with E-state index in [1.54, 1.807) is 0 Å². The molecule has 1 aromatic carbocycles. The summed E-state index contributed by atoms with van der Waals surface area (Å²) in [7, 11) is 0. The number of carbonyl (C=O) groups excluding carboxylic acids is 1. The minimum absolute atomic E-state index is 0.151. The van der Waals surface area contributed by atoms with Crippen LogP contribution in [0.25, 0.3) is 0 Å². The lowest BCUT2D eigenvalue weighted by atomic mass is 9.50. The van der Waals surface area contributed by atoms with Gasteiger partial charge in [-0.05, 0) is 36.7 Å². The van der Waals surface area contributed by atoms with Crippen LogP contribution in [-0.4, -0.2) is 23.7 Å². The first kappa shape index (κ1) is 17.8. The molecule has 0 heterocycles. The molecule has 1 spiro atoms. The van der Waals surface area contributed by atoms with E-state index in [4.69, 9.17) is 4.74 Å². The number of aliphatic carboxylic acids is 1. The molecule has 5 nitrogen and oxygen atoms in total. The lowest BCUT2D eigenvalue weighted by Gasteiger charge is -2.54. The van der Waals surface area contributed by atoms with E-state index in [0.717, 1.165) is 18.4 Å². The molecule has 5 heteroatoms. The van der Waals surface area contributed by atoms with Crippen LogP contribution in [0.1, 0.15) is 56.9 Å². The number of carboxylic acids is 1. The van der Waals surface area contributed by atoms with Gasteiger partial charge in [-0.2, -0.15) is 0 Å². The highest BCUT2D eigenvalue weighted by Crippen LogP contribution is 2.60. The van der Waals surface area contributed by atoms with Gasteiger partial charge in [0.25, 0.3) is 0 Å². The second kappa shape index (κ2) is 7.46. The van der Waals surface area contributed by atoms with Crippen molar-refractivity contribution in [3.8, 4) is 0 Å². The predicted octanol–water partition coefficient (Wildman–Crippen LogP) is 4.12. The number of carboxylic acid groups (broad SMARTS) is 1. The molecule has 25 heavy (non-hydrogen) atoms. The third kappa shape index (κ3) is 4.14. The van der Waals surface area contributed by atoms with Crippen molar-refractivity contribution < 1.29 is 19.4 Å². The molecule has 0 unspecified atom stereocenters. The molecule has 0 radical (unpaired) electrons. The fourth-order valence-corrected chi connectivity index (χ4v) is 4.58. The van der Waals surface area contributed by atoms with Crippen LogP contribution in [0.3, 0.4) is 0 Å². The molecule has 2 aliphatic carbocycles. The van der Waals surface area contributed by atoms with Gasteiger partial charge < -0.3 is 15.2 Å². The van der Waals surface area contributed by atoms with Gasteiger partial charge in [-0.1, -0.05) is 56.0 Å². The summed E-state index contributed by atoms with van der Waals surface area (Å²) < 4.78 is 5.19. The number of alkyl carbamates (subject to hydrolysis) is 1. The van der Waals surface area contributed by atoms with Crippen LogP contribution < -0.4 is 5.32 Å². The van der Waals surface area contributed by atoms with E-state index in [9.17, 15) is 14.7 Å². The normalized spacial score (nSPS) is 21.0. The Labute approximate surface area is 148 Å². The topological polar surface area (TPSA) is 75.6 Å². The molecule has 0 aromatic heterocycles. The predicted molar refractivity (Wildman–Crippen MR) is 94.1 cm³/mol. The Hall–Kier alpha value is -2.04. The van der Waals surface area contributed by atoms with Gasteiger partial charge >= 0.3 is 12.1 Å². The standard InChI is InChI=1S/C20H27NO4/c22-17(23)20(13-19(14-20)10-6-1-2-7-11-19)15-21-18(24)25-12-16-8-4-3-5-9-16/h3-5,8-9H,1-2,6-7,10-15H2,(H,21,24)(H,22,23). The lowest BCUT2D eigenvalue weighted by Crippen LogP contribution is -2.56. The third-order valence-electron chi connectivity index (χ3n) is 5.83. The van der Waals surface area contributed by atoms with Crippen molar-refractivity contribution in [2.75, 3.05) is 6.54 Å². The average Bonchev–Trinajstić information content (AvgIpc) is 2.83. The number of carbonyl (C=O) groups is 2. The van der Waals surface area contributed by atoms with Crippen molar-refractivity contribution in [3.05, 3.63) is 35.9 Å². The van der Waals surface area contributed by atoms with Crippen molar-refractivity contribution in [2.24, 2.45) is 10.8 Å². The van der Waals surface area contributed by atoms with Crippen LogP contribution in [0.15, 0.2) is 30.3 Å². The van der Waals surface area contributed by atoms with E-state index in [0.29, 0.717) is 12.8 Å². The highest BCUT2D eigenvalue weighted by atomic mass is 16.5. The van der Waals surface area contributed by atoms with Crippen molar-refractivity contribution in [1.29, 1.82) is 0 Å². The molecule has 1 aromatic rings. The molecule has 3 rings (SSSR count). The van der Waals surface area contributed by atoms with Crippen molar-refractivity contribution in [1.82, 2.24) is 5.32 Å². The van der Waals surface area contributed by atoms with Crippen molar-refractivity contribution >= 4 is 12.1 Å². The fraction of sp³-hybridized carbons (Fsp3) is 0.600. The molecule has 136 valence electrons. The summed E-state index contributed by atoms with van der Waals surface area (Å²) in [6.45, 7) is 0.342. The summed E-state index contributed by atoms with van der Waals surface area (Å²) in [6.07, 6.45) is 7.96. The van der Waals surface area contributed by atoms with Crippen molar-refractivity contribution in [2.45, 2.75) is 58.0 Å². The summed E-state index contributed by atoms with van der Waals surface area (Å²) in [4.78, 5) is 23.7. The van der Waals surface area contributed by atoms with Crippen LogP contribution in [-0.2, 0) is 16.1 Å². The summed E-state index contributed by atoms with van der Waals surface area (Å²) >= 11 is 0. The maximum atomic E-state index is 11.9. The number of ether oxygens (including phenoxy) is 1. The Morgan fingerprint density at radius 3 is 2.28 bits per heavy atom. The second-order valence-corrected chi connectivity index (χ2v) is 7.77. The first-order valence-corrected chi connectivity index (χ1v) is 9.22. The van der Waals surface area contributed by atoms with Crippen LogP contribution in [0, 0.1) is 10.8 Å². The summed E-state index contributed by atoms with van der Waals surface area (Å²) in [5.41, 5.74) is 0.271. The Balaban J connectivity index is 1.49. The van der Waals surface area contributed by atoms with Gasteiger partial charge in [-0.25, -0.2) is 4.79 Å². The monoisotopic (exact) mass is 345 g/mol. The maximum absolute atomic E-state index is 11.9. The van der Waals surface area contributed by atoms with Gasteiger partial charge in [-0.3, -0.25) is 4.79 Å². The first-order valence-electron chi connectivity index (χ1n) is 9.22. The zero-order chi connectivity index (χ0) is 17.8. The van der Waals surface area contributed by atoms with Crippen LogP contribution in [0.4, 0.5) is 4.79 Å². The van der Waals surface area contributed by atoms with Crippen LogP contribution in [0.5, 0.6) is 0 Å². The van der Waals surface area contributed by atoms with Gasteiger partial charge in [0.05, 0.1) is 5.41 Å². The molecule has 0 saturated heterocycles. The highest BCUT2D eigenvalue weighted by molar-refractivity contribution is 5.78. The van der Waals surface area contributed by atoms with Crippen LogP contribution >= 0.6 is 0 Å². The third-order valence-corrected chi connectivity index (χ3v) is 5.83. The van der Waals surface area contributed by atoms with Crippen LogP contribution in [0.2, 0.25) is 0 Å². The van der Waals surface area contributed by atoms with Gasteiger partial charge in [0, 0.05) is 6.54 Å². The molecule has 1 amide bonds. The second-order valence-electron chi connectivity index (χ2n) is 7.77. The number of rotatable bonds is 5. The van der Waals surface area contributed by atoms with Crippen molar-refractivity contribution in [3.63, 3.8) is 0 Å². The smallest absolute Gasteiger partial charge is 0.407 e. The van der Waals surface area contributed by atoms with E-state index in [1.165, 1.54) is 25.7 Å². The van der Waals surface area contributed by atoms with E-state index >= 15 is 0 Å². The van der Waals surface area contributed by atoms with E-state index in [2.05, 4.69) is 5.32 Å². The zero-order valence-electron chi connectivity index (χ0n) is 14.6. The lowest BCUT2D eigenvalue weighted by molar-refractivity contribution is -0.166. The van der Waals surface area contributed by atoms with Gasteiger partial charge in [-0.15, -0.1) is 0 Å². The average molecular weight is 345 g/mol. The Bertz CT molecular complexity index is 597. The summed E-state index contributed by atoms with van der Waals surface area (Å²) in [5, 5.41) is 12.4. The Morgan fingerprint density at radius 1 is 1.04 bits per heavy atom. The maximum Gasteiger partial charge on any atom is 0.407 e. The number of amides is 1. The zero-order valence-corrected chi connectivity index (χ0v) is 14.6. The number of hydrogen-bond acceptors (Lipinski definition) is 3. The fourth-order valence-electron chi connectivity index (χ4n) is 4.58. The number of hydrogen-bond donors (Lipinski definition) is 2. The SMILES string of the molecule is O=C(NCC1(C(=O)O)CC2(CCCCCC2)C1)OCc1ccccc1. The molecule has 2 saturated carbocycles. The number of benzene rings is 1. The summed E-state index contributed by atoms with van der Waals surface area (Å²) in [5.74, 6) is -0.800. The van der Waals surface area contributed by atoms with Gasteiger partial charge in [0.15, 0.2) is 0 Å². The van der Waals surface area contributed by atoms with Gasteiger partial charge in [0.2, 0.25) is 0 Å². The summed E-state index contributed by atoms with van der Waals surface area (Å²) in [6, 6.07) is 9.44. The molecule has 2 fully saturated rings. The van der Waals surface area contributed by atoms with E-state index in [1.807, 2.05) is 30.3 Å². The highest BCUT2D eigenvalue weighted by Gasteiger charge is 2.58. The molecule has 0 atom stereocenters. The quantitative estimate of drug-likeness (QED) is 0.842. The molecule has 0 bridgehead atoms. The van der Waals surface area contributed by atoms with E-state index in [-0.39, 0.29) is 18.6 Å². The largest absolute Gasteiger partial charge is 0.481 e. The van der Waals surface area contributed by atoms with E-state index < -0.39 is 17.5 Å². The molecule has 2 N–H and O–H groups in total. The minimum atomic E-state index is -0.823. The Morgan fingerprint density at radius 2 is 1.68 bits per heavy atom. The molecule has 0 aliphatic heterocycles. The minimum Gasteiger partial charge on any atom is -0.481 e. The molecular weight excluding hydrogens is 318 g/mol. The molecule has 2 aliphatic rings.